The number of hydrogen-bond acceptors (Lipinski definition) is 4. The van der Waals surface area contributed by atoms with Gasteiger partial charge >= 0.3 is 0 Å². The van der Waals surface area contributed by atoms with Crippen molar-refractivity contribution in [2.75, 3.05) is 26.4 Å². The smallest absolute Gasteiger partial charge is 0.227 e. The monoisotopic (exact) mass is 415 g/mol. The fraction of sp³-hybridized carbons (Fsp3) is 0.435. The van der Waals surface area contributed by atoms with E-state index >= 15 is 0 Å². The van der Waals surface area contributed by atoms with E-state index in [1.165, 1.54) is 0 Å². The average molecular weight is 416 g/mol. The van der Waals surface area contributed by atoms with Crippen molar-refractivity contribution in [3.63, 3.8) is 0 Å². The highest BCUT2D eigenvalue weighted by molar-refractivity contribution is 6.32. The van der Waals surface area contributed by atoms with Crippen LogP contribution in [-0.4, -0.2) is 37.2 Å². The Bertz CT molecular complexity index is 868. The van der Waals surface area contributed by atoms with Gasteiger partial charge in [-0.05, 0) is 55.2 Å². The standard InChI is InChI=1S/C23H26ClNO4/c1-2-27-18-8-6-17(7-9-18)20-5-3-10-25(20)22(26)15-16-13-19(24)23-21(14-16)28-11-4-12-29-23/h6-9,13-14,20H,2-5,10-12,15H2,1H3. The summed E-state index contributed by atoms with van der Waals surface area (Å²) in [6.45, 7) is 4.56. The van der Waals surface area contributed by atoms with E-state index in [1.807, 2.05) is 36.1 Å². The van der Waals surface area contributed by atoms with Crippen LogP contribution in [0.2, 0.25) is 5.02 Å². The van der Waals surface area contributed by atoms with E-state index in [0.717, 1.165) is 42.7 Å². The van der Waals surface area contributed by atoms with Crippen molar-refractivity contribution in [2.24, 2.45) is 0 Å². The summed E-state index contributed by atoms with van der Waals surface area (Å²) < 4.78 is 17.0. The second-order valence-electron chi connectivity index (χ2n) is 7.38. The summed E-state index contributed by atoms with van der Waals surface area (Å²) in [6.07, 6.45) is 3.09. The molecule has 1 unspecified atom stereocenters. The molecule has 5 nitrogen and oxygen atoms in total. The average Bonchev–Trinajstić information content (AvgIpc) is 3.08. The quantitative estimate of drug-likeness (QED) is 0.703. The second kappa shape index (κ2) is 8.95. The highest BCUT2D eigenvalue weighted by Crippen LogP contribution is 2.39. The van der Waals surface area contributed by atoms with Crippen LogP contribution >= 0.6 is 11.6 Å². The first kappa shape index (κ1) is 19.9. The second-order valence-corrected chi connectivity index (χ2v) is 7.79. The van der Waals surface area contributed by atoms with Gasteiger partial charge in [0.1, 0.15) is 5.75 Å². The van der Waals surface area contributed by atoms with Gasteiger partial charge in [-0.2, -0.15) is 0 Å². The van der Waals surface area contributed by atoms with Crippen LogP contribution in [0.3, 0.4) is 0 Å². The first-order valence-corrected chi connectivity index (χ1v) is 10.6. The number of ether oxygens (including phenoxy) is 3. The number of hydrogen-bond donors (Lipinski definition) is 0. The lowest BCUT2D eigenvalue weighted by atomic mass is 10.0. The molecule has 1 saturated heterocycles. The lowest BCUT2D eigenvalue weighted by Crippen LogP contribution is -2.31. The molecule has 0 aliphatic carbocycles. The van der Waals surface area contributed by atoms with Crippen LogP contribution in [-0.2, 0) is 11.2 Å². The van der Waals surface area contributed by atoms with Gasteiger partial charge in [0.2, 0.25) is 5.91 Å². The molecule has 2 heterocycles. The third-order valence-electron chi connectivity index (χ3n) is 5.37. The Hall–Kier alpha value is -2.40. The van der Waals surface area contributed by atoms with E-state index in [0.29, 0.717) is 42.8 Å². The number of nitrogens with zero attached hydrogens (tertiary/aromatic N) is 1. The zero-order chi connectivity index (χ0) is 20.2. The number of amides is 1. The molecule has 1 atom stereocenters. The summed E-state index contributed by atoms with van der Waals surface area (Å²) in [4.78, 5) is 15.1. The number of rotatable bonds is 5. The maximum absolute atomic E-state index is 13.1. The van der Waals surface area contributed by atoms with E-state index in [4.69, 9.17) is 25.8 Å². The van der Waals surface area contributed by atoms with E-state index in [1.54, 1.807) is 0 Å². The Morgan fingerprint density at radius 2 is 1.97 bits per heavy atom. The summed E-state index contributed by atoms with van der Waals surface area (Å²) in [5, 5.41) is 0.497. The summed E-state index contributed by atoms with van der Waals surface area (Å²) in [5.41, 5.74) is 2.00. The van der Waals surface area contributed by atoms with Crippen LogP contribution in [0.1, 0.15) is 43.4 Å². The number of carbonyl (C=O) groups is 1. The molecule has 2 aliphatic heterocycles. The van der Waals surface area contributed by atoms with E-state index < -0.39 is 0 Å². The predicted molar refractivity (Wildman–Crippen MR) is 112 cm³/mol. The van der Waals surface area contributed by atoms with Crippen molar-refractivity contribution < 1.29 is 19.0 Å². The molecular formula is C23H26ClNO4. The molecule has 6 heteroatoms. The first-order valence-electron chi connectivity index (χ1n) is 10.3. The molecule has 0 bridgehead atoms. The van der Waals surface area contributed by atoms with Gasteiger partial charge in [0.25, 0.3) is 0 Å². The van der Waals surface area contributed by atoms with Gasteiger partial charge < -0.3 is 19.1 Å². The molecule has 0 N–H and O–H groups in total. The molecule has 0 saturated carbocycles. The lowest BCUT2D eigenvalue weighted by Gasteiger charge is -2.25. The summed E-state index contributed by atoms with van der Waals surface area (Å²) in [7, 11) is 0. The van der Waals surface area contributed by atoms with Crippen molar-refractivity contribution in [1.29, 1.82) is 0 Å². The van der Waals surface area contributed by atoms with Crippen molar-refractivity contribution in [3.8, 4) is 17.2 Å². The maximum Gasteiger partial charge on any atom is 0.227 e. The molecule has 0 spiro atoms. The first-order chi connectivity index (χ1) is 14.2. The third-order valence-corrected chi connectivity index (χ3v) is 5.65. The minimum absolute atomic E-state index is 0.104. The molecule has 2 aliphatic rings. The van der Waals surface area contributed by atoms with Crippen LogP contribution in [0.15, 0.2) is 36.4 Å². The molecule has 1 fully saturated rings. The predicted octanol–water partition coefficient (Wildman–Crippen LogP) is 4.81. The van der Waals surface area contributed by atoms with Crippen LogP contribution in [0.4, 0.5) is 0 Å². The number of fused-ring (bicyclic) bond motifs is 1. The van der Waals surface area contributed by atoms with E-state index in [-0.39, 0.29) is 11.9 Å². The molecule has 29 heavy (non-hydrogen) atoms. The fourth-order valence-electron chi connectivity index (χ4n) is 4.03. The highest BCUT2D eigenvalue weighted by atomic mass is 35.5. The molecule has 0 aromatic heterocycles. The Labute approximate surface area is 176 Å². The number of benzene rings is 2. The SMILES string of the molecule is CCOc1ccc(C2CCCN2C(=O)Cc2cc(Cl)c3c(c2)OCCCO3)cc1. The lowest BCUT2D eigenvalue weighted by molar-refractivity contribution is -0.131. The topological polar surface area (TPSA) is 48.0 Å². The Kier molecular flexibility index (Phi) is 6.14. The van der Waals surface area contributed by atoms with Crippen LogP contribution < -0.4 is 14.2 Å². The molecule has 2 aromatic rings. The van der Waals surface area contributed by atoms with Crippen molar-refractivity contribution in [3.05, 3.63) is 52.5 Å². The number of halogens is 1. The van der Waals surface area contributed by atoms with Crippen molar-refractivity contribution in [2.45, 2.75) is 38.6 Å². The minimum atomic E-state index is 0.104. The van der Waals surface area contributed by atoms with Crippen molar-refractivity contribution in [1.82, 2.24) is 4.90 Å². The van der Waals surface area contributed by atoms with Gasteiger partial charge in [-0.3, -0.25) is 4.79 Å². The molecule has 1 amide bonds. The van der Waals surface area contributed by atoms with Crippen LogP contribution in [0, 0.1) is 0 Å². The zero-order valence-electron chi connectivity index (χ0n) is 16.7. The van der Waals surface area contributed by atoms with Crippen molar-refractivity contribution >= 4 is 17.5 Å². The zero-order valence-corrected chi connectivity index (χ0v) is 17.4. The molecule has 0 radical (unpaired) electrons. The van der Waals surface area contributed by atoms with Gasteiger partial charge in [0.15, 0.2) is 11.5 Å². The largest absolute Gasteiger partial charge is 0.494 e. The van der Waals surface area contributed by atoms with Crippen LogP contribution in [0.5, 0.6) is 17.2 Å². The summed E-state index contributed by atoms with van der Waals surface area (Å²) >= 11 is 6.39. The molecule has 4 rings (SSSR count). The van der Waals surface area contributed by atoms with Gasteiger partial charge in [-0.1, -0.05) is 23.7 Å². The third kappa shape index (κ3) is 4.45. The molecule has 2 aromatic carbocycles. The van der Waals surface area contributed by atoms with E-state index in [2.05, 4.69) is 12.1 Å². The minimum Gasteiger partial charge on any atom is -0.494 e. The Morgan fingerprint density at radius 3 is 2.76 bits per heavy atom. The number of likely N-dealkylation sites (tertiary alicyclic amines) is 1. The number of carbonyl (C=O) groups excluding carboxylic acids is 1. The maximum atomic E-state index is 13.1. The normalized spacial score (nSPS) is 18.4. The van der Waals surface area contributed by atoms with Gasteiger partial charge in [-0.15, -0.1) is 0 Å². The summed E-state index contributed by atoms with van der Waals surface area (Å²) in [5.74, 6) is 2.16. The molecule has 154 valence electrons. The van der Waals surface area contributed by atoms with Gasteiger partial charge in [0, 0.05) is 13.0 Å². The summed E-state index contributed by atoms with van der Waals surface area (Å²) in [6, 6.07) is 11.9. The van der Waals surface area contributed by atoms with E-state index in [9.17, 15) is 4.79 Å². The molecular weight excluding hydrogens is 390 g/mol. The highest BCUT2D eigenvalue weighted by Gasteiger charge is 2.30. The van der Waals surface area contributed by atoms with Gasteiger partial charge in [-0.25, -0.2) is 0 Å². The van der Waals surface area contributed by atoms with Crippen LogP contribution in [0.25, 0.3) is 0 Å². The fourth-order valence-corrected chi connectivity index (χ4v) is 4.31. The Morgan fingerprint density at radius 1 is 1.17 bits per heavy atom. The van der Waals surface area contributed by atoms with Gasteiger partial charge in [0.05, 0.1) is 37.3 Å². The Balaban J connectivity index is 1.49.